The fraction of sp³-hybridized carbons (Fsp3) is 0.636. The van der Waals surface area contributed by atoms with E-state index >= 15 is 0 Å². The molecule has 1 aromatic rings. The lowest BCUT2D eigenvalue weighted by molar-refractivity contribution is -0.134. The minimum atomic E-state index is -4.12. The van der Waals surface area contributed by atoms with E-state index < -0.39 is 12.6 Å². The average molecular weight is 262 g/mol. The Hall–Kier alpha value is -1.53. The molecule has 18 heavy (non-hydrogen) atoms. The smallest absolute Gasteiger partial charge is 0.384 e. The highest BCUT2D eigenvalue weighted by Crippen LogP contribution is 2.21. The molecule has 1 rings (SSSR count). The highest BCUT2D eigenvalue weighted by Gasteiger charge is 2.25. The van der Waals surface area contributed by atoms with Crippen LogP contribution in [0.2, 0.25) is 0 Å². The Morgan fingerprint density at radius 1 is 1.33 bits per heavy atom. The number of nitrogens with zero attached hydrogens (tertiary/aromatic N) is 2. The molecule has 0 aliphatic heterocycles. The summed E-state index contributed by atoms with van der Waals surface area (Å²) in [6, 6.07) is 1.51. The summed E-state index contributed by atoms with van der Waals surface area (Å²) in [7, 11) is 0. The molecule has 3 N–H and O–H groups in total. The zero-order chi connectivity index (χ0) is 13.8. The fourth-order valence-electron chi connectivity index (χ4n) is 1.34. The van der Waals surface area contributed by atoms with E-state index in [4.69, 9.17) is 5.73 Å². The molecule has 0 atom stereocenters. The van der Waals surface area contributed by atoms with E-state index in [0.717, 1.165) is 0 Å². The summed E-state index contributed by atoms with van der Waals surface area (Å²) in [5, 5.41) is 2.82. The Kier molecular flexibility index (Phi) is 4.75. The van der Waals surface area contributed by atoms with Gasteiger partial charge in [-0.3, -0.25) is 0 Å². The summed E-state index contributed by atoms with van der Waals surface area (Å²) in [5.74, 6) is 1.47. The maximum Gasteiger partial charge on any atom is 0.389 e. The topological polar surface area (TPSA) is 63.8 Å². The van der Waals surface area contributed by atoms with E-state index in [2.05, 4.69) is 15.3 Å². The molecular formula is C11H17F3N4. The summed E-state index contributed by atoms with van der Waals surface area (Å²) < 4.78 is 35.8. The molecule has 0 fully saturated rings. The predicted molar refractivity (Wildman–Crippen MR) is 64.3 cm³/mol. The van der Waals surface area contributed by atoms with Crippen molar-refractivity contribution >= 4 is 11.6 Å². The van der Waals surface area contributed by atoms with Crippen molar-refractivity contribution in [3.63, 3.8) is 0 Å². The molecule has 0 unspecified atom stereocenters. The largest absolute Gasteiger partial charge is 0.389 e. The molecule has 0 saturated carbocycles. The molecule has 0 amide bonds. The standard InChI is InChI=1S/C11H17F3N4/c1-7(2)10-17-8(15)6-9(18-10)16-5-3-4-11(12,13)14/h6-7H,3-5H2,1-2H3,(H3,15,16,17,18). The van der Waals surface area contributed by atoms with Crippen LogP contribution < -0.4 is 11.1 Å². The van der Waals surface area contributed by atoms with Crippen LogP contribution in [0.15, 0.2) is 6.07 Å². The number of anilines is 2. The normalized spacial score (nSPS) is 11.9. The molecule has 0 bridgehead atoms. The minimum absolute atomic E-state index is 0.00438. The van der Waals surface area contributed by atoms with E-state index in [0.29, 0.717) is 17.5 Å². The molecule has 0 saturated heterocycles. The van der Waals surface area contributed by atoms with Gasteiger partial charge in [-0.25, -0.2) is 9.97 Å². The second kappa shape index (κ2) is 5.88. The molecule has 0 spiro atoms. The average Bonchev–Trinajstić information content (AvgIpc) is 2.22. The van der Waals surface area contributed by atoms with Gasteiger partial charge in [-0.1, -0.05) is 13.8 Å². The molecule has 102 valence electrons. The van der Waals surface area contributed by atoms with Gasteiger partial charge in [-0.15, -0.1) is 0 Å². The Morgan fingerprint density at radius 2 is 2.00 bits per heavy atom. The van der Waals surface area contributed by atoms with Gasteiger partial charge in [0, 0.05) is 24.9 Å². The number of alkyl halides is 3. The Labute approximate surface area is 104 Å². The molecule has 1 aromatic heterocycles. The van der Waals surface area contributed by atoms with Gasteiger partial charge in [0.15, 0.2) is 0 Å². The molecule has 0 aliphatic carbocycles. The zero-order valence-electron chi connectivity index (χ0n) is 10.4. The van der Waals surface area contributed by atoms with Crippen LogP contribution in [0.1, 0.15) is 38.4 Å². The molecule has 0 aromatic carbocycles. The van der Waals surface area contributed by atoms with E-state index in [1.807, 2.05) is 13.8 Å². The highest BCUT2D eigenvalue weighted by atomic mass is 19.4. The minimum Gasteiger partial charge on any atom is -0.384 e. The van der Waals surface area contributed by atoms with Crippen LogP contribution in [0.25, 0.3) is 0 Å². The molecular weight excluding hydrogens is 245 g/mol. The lowest BCUT2D eigenvalue weighted by atomic mass is 10.2. The SMILES string of the molecule is CC(C)c1nc(N)cc(NCCCC(F)(F)F)n1. The maximum absolute atomic E-state index is 11.9. The van der Waals surface area contributed by atoms with Gasteiger partial charge < -0.3 is 11.1 Å². The van der Waals surface area contributed by atoms with Crippen molar-refractivity contribution < 1.29 is 13.2 Å². The lowest BCUT2D eigenvalue weighted by Gasteiger charge is -2.10. The summed E-state index contributed by atoms with van der Waals surface area (Å²) in [6.45, 7) is 4.04. The summed E-state index contributed by atoms with van der Waals surface area (Å²) in [4.78, 5) is 8.23. The second-order valence-corrected chi connectivity index (χ2v) is 4.34. The first kappa shape index (κ1) is 14.5. The molecule has 0 aliphatic rings. The van der Waals surface area contributed by atoms with E-state index in [-0.39, 0.29) is 18.9 Å². The van der Waals surface area contributed by atoms with Crippen LogP contribution in [-0.4, -0.2) is 22.7 Å². The maximum atomic E-state index is 11.9. The Balaban J connectivity index is 2.52. The second-order valence-electron chi connectivity index (χ2n) is 4.34. The van der Waals surface area contributed by atoms with Crippen molar-refractivity contribution in [1.82, 2.24) is 9.97 Å². The Morgan fingerprint density at radius 3 is 2.56 bits per heavy atom. The first-order chi connectivity index (χ1) is 8.28. The number of rotatable bonds is 5. The van der Waals surface area contributed by atoms with Gasteiger partial charge in [0.05, 0.1) is 0 Å². The van der Waals surface area contributed by atoms with Crippen molar-refractivity contribution in [2.45, 2.75) is 38.8 Å². The van der Waals surface area contributed by atoms with E-state index in [1.54, 1.807) is 0 Å². The fourth-order valence-corrected chi connectivity index (χ4v) is 1.34. The number of nitrogen functional groups attached to an aromatic ring is 1. The van der Waals surface area contributed by atoms with E-state index in [9.17, 15) is 13.2 Å². The molecule has 7 heteroatoms. The molecule has 4 nitrogen and oxygen atoms in total. The number of aromatic nitrogens is 2. The van der Waals surface area contributed by atoms with Gasteiger partial charge in [0.1, 0.15) is 17.5 Å². The third-order valence-corrected chi connectivity index (χ3v) is 2.22. The van der Waals surface area contributed by atoms with Gasteiger partial charge in [0.25, 0.3) is 0 Å². The Bertz CT molecular complexity index is 390. The number of hydrogen-bond acceptors (Lipinski definition) is 4. The zero-order valence-corrected chi connectivity index (χ0v) is 10.4. The van der Waals surface area contributed by atoms with Crippen molar-refractivity contribution in [2.75, 3.05) is 17.6 Å². The first-order valence-electron chi connectivity index (χ1n) is 5.73. The number of halogens is 3. The number of hydrogen-bond donors (Lipinski definition) is 2. The van der Waals surface area contributed by atoms with Crippen molar-refractivity contribution in [1.29, 1.82) is 0 Å². The molecule has 1 heterocycles. The summed E-state index contributed by atoms with van der Waals surface area (Å²) in [5.41, 5.74) is 5.60. The molecule has 0 radical (unpaired) electrons. The number of nitrogens with two attached hydrogens (primary N) is 1. The van der Waals surface area contributed by atoms with Crippen molar-refractivity contribution in [2.24, 2.45) is 0 Å². The number of nitrogens with one attached hydrogen (secondary N) is 1. The van der Waals surface area contributed by atoms with Crippen molar-refractivity contribution in [3.05, 3.63) is 11.9 Å². The van der Waals surface area contributed by atoms with Crippen LogP contribution in [0.4, 0.5) is 24.8 Å². The lowest BCUT2D eigenvalue weighted by Crippen LogP contribution is -2.12. The van der Waals surface area contributed by atoms with Gasteiger partial charge >= 0.3 is 6.18 Å². The van der Waals surface area contributed by atoms with Gasteiger partial charge in [0.2, 0.25) is 0 Å². The van der Waals surface area contributed by atoms with Crippen LogP contribution in [0.3, 0.4) is 0 Å². The van der Waals surface area contributed by atoms with Crippen LogP contribution >= 0.6 is 0 Å². The first-order valence-corrected chi connectivity index (χ1v) is 5.73. The third kappa shape index (κ3) is 5.20. The van der Waals surface area contributed by atoms with Crippen LogP contribution in [0.5, 0.6) is 0 Å². The summed E-state index contributed by atoms with van der Waals surface area (Å²) in [6.07, 6.45) is -4.92. The third-order valence-electron chi connectivity index (χ3n) is 2.22. The van der Waals surface area contributed by atoms with Crippen LogP contribution in [0, 0.1) is 0 Å². The van der Waals surface area contributed by atoms with Crippen molar-refractivity contribution in [3.8, 4) is 0 Å². The van der Waals surface area contributed by atoms with E-state index in [1.165, 1.54) is 6.07 Å². The monoisotopic (exact) mass is 262 g/mol. The predicted octanol–water partition coefficient (Wildman–Crippen LogP) is 2.94. The highest BCUT2D eigenvalue weighted by molar-refractivity contribution is 5.44. The van der Waals surface area contributed by atoms with Crippen LogP contribution in [-0.2, 0) is 0 Å². The van der Waals surface area contributed by atoms with Gasteiger partial charge in [-0.05, 0) is 6.42 Å². The van der Waals surface area contributed by atoms with Gasteiger partial charge in [-0.2, -0.15) is 13.2 Å². The quantitative estimate of drug-likeness (QED) is 0.801. The summed E-state index contributed by atoms with van der Waals surface area (Å²) >= 11 is 0.